The zero-order valence-corrected chi connectivity index (χ0v) is 12.8. The van der Waals surface area contributed by atoms with Crippen molar-refractivity contribution in [2.45, 2.75) is 24.0 Å². The van der Waals surface area contributed by atoms with Crippen molar-refractivity contribution in [1.82, 2.24) is 4.98 Å². The van der Waals surface area contributed by atoms with Crippen LogP contribution in [0.4, 0.5) is 14.5 Å². The first-order valence-electron chi connectivity index (χ1n) is 6.17. The molecule has 2 aromatic rings. The lowest BCUT2D eigenvalue weighted by Gasteiger charge is -2.11. The van der Waals surface area contributed by atoms with Gasteiger partial charge in [-0.3, -0.25) is 0 Å². The molecule has 0 unspecified atom stereocenters. The molecule has 0 saturated heterocycles. The lowest BCUT2D eigenvalue weighted by molar-refractivity contribution is 0.235. The number of para-hydroxylation sites is 1. The molecule has 0 atom stereocenters. The van der Waals surface area contributed by atoms with E-state index in [1.165, 1.54) is 29.5 Å². The van der Waals surface area contributed by atoms with Crippen molar-refractivity contribution in [1.29, 1.82) is 0 Å². The summed E-state index contributed by atoms with van der Waals surface area (Å²) in [6.45, 7) is 2.31. The molecule has 1 aromatic carbocycles. The van der Waals surface area contributed by atoms with Gasteiger partial charge in [-0.15, -0.1) is 11.3 Å². The van der Waals surface area contributed by atoms with Gasteiger partial charge in [0.05, 0.1) is 21.3 Å². The van der Waals surface area contributed by atoms with E-state index in [-0.39, 0.29) is 10.6 Å². The summed E-state index contributed by atoms with van der Waals surface area (Å²) in [6, 6.07) is 5.67. The zero-order chi connectivity index (χ0) is 15.5. The van der Waals surface area contributed by atoms with Gasteiger partial charge in [0.1, 0.15) is 0 Å². The number of hydrogen-bond donors (Lipinski definition) is 1. The lowest BCUT2D eigenvalue weighted by Crippen LogP contribution is -2.15. The molecule has 0 saturated carbocycles. The van der Waals surface area contributed by atoms with Gasteiger partial charge in [-0.25, -0.2) is 13.4 Å². The van der Waals surface area contributed by atoms with Crippen LogP contribution < -0.4 is 5.32 Å². The van der Waals surface area contributed by atoms with Gasteiger partial charge in [-0.2, -0.15) is 8.78 Å². The number of rotatable bonds is 6. The molecule has 4 nitrogen and oxygen atoms in total. The fraction of sp³-hybridized carbons (Fsp3) is 0.308. The van der Waals surface area contributed by atoms with E-state index >= 15 is 0 Å². The second-order valence-electron chi connectivity index (χ2n) is 4.34. The lowest BCUT2D eigenvalue weighted by atomic mass is 10.3. The van der Waals surface area contributed by atoms with E-state index in [1.807, 2.05) is 12.3 Å². The van der Waals surface area contributed by atoms with Gasteiger partial charge in [0.15, 0.2) is 0 Å². The molecule has 2 rings (SSSR count). The molecular weight excluding hydrogens is 318 g/mol. The monoisotopic (exact) mass is 332 g/mol. The predicted octanol–water partition coefficient (Wildman–Crippen LogP) is 3.10. The number of benzene rings is 1. The molecule has 0 aliphatic carbocycles. The van der Waals surface area contributed by atoms with Crippen LogP contribution >= 0.6 is 11.3 Å². The van der Waals surface area contributed by atoms with Gasteiger partial charge in [-0.1, -0.05) is 12.1 Å². The first-order chi connectivity index (χ1) is 9.91. The van der Waals surface area contributed by atoms with Crippen LogP contribution in [0.25, 0.3) is 0 Å². The molecule has 1 heterocycles. The topological polar surface area (TPSA) is 59.1 Å². The van der Waals surface area contributed by atoms with Gasteiger partial charge >= 0.3 is 5.76 Å². The third-order valence-electron chi connectivity index (χ3n) is 2.79. The molecule has 21 heavy (non-hydrogen) atoms. The summed E-state index contributed by atoms with van der Waals surface area (Å²) in [5, 5.41) is 5.75. The van der Waals surface area contributed by atoms with Crippen LogP contribution in [0.1, 0.15) is 10.7 Å². The molecule has 0 aliphatic rings. The third-order valence-corrected chi connectivity index (χ3v) is 5.05. The number of thiazole rings is 1. The fourth-order valence-electron chi connectivity index (χ4n) is 1.81. The van der Waals surface area contributed by atoms with Gasteiger partial charge in [-0.05, 0) is 19.1 Å². The van der Waals surface area contributed by atoms with E-state index in [2.05, 4.69) is 10.3 Å². The number of nitrogens with zero attached hydrogens (tertiary/aromatic N) is 1. The van der Waals surface area contributed by atoms with Crippen LogP contribution in [0.15, 0.2) is 34.5 Å². The minimum Gasteiger partial charge on any atom is -0.384 e. The quantitative estimate of drug-likeness (QED) is 0.883. The van der Waals surface area contributed by atoms with Crippen molar-refractivity contribution in [3.63, 3.8) is 0 Å². The van der Waals surface area contributed by atoms with Gasteiger partial charge < -0.3 is 5.32 Å². The van der Waals surface area contributed by atoms with E-state index in [9.17, 15) is 17.2 Å². The van der Waals surface area contributed by atoms with Gasteiger partial charge in [0.25, 0.3) is 0 Å². The largest absolute Gasteiger partial charge is 0.384 e. The number of anilines is 1. The molecule has 0 aliphatic heterocycles. The summed E-state index contributed by atoms with van der Waals surface area (Å²) < 4.78 is 48.5. The van der Waals surface area contributed by atoms with Gasteiger partial charge in [0.2, 0.25) is 9.84 Å². The highest BCUT2D eigenvalue weighted by atomic mass is 32.2. The second kappa shape index (κ2) is 6.48. The number of nitrogens with one attached hydrogen (secondary N) is 1. The van der Waals surface area contributed by atoms with E-state index in [4.69, 9.17) is 0 Å². The van der Waals surface area contributed by atoms with Crippen LogP contribution in [-0.2, 0) is 16.3 Å². The maximum Gasteiger partial charge on any atom is 0.341 e. The fourth-order valence-corrected chi connectivity index (χ4v) is 3.36. The Bertz CT molecular complexity index is 714. The Morgan fingerprint density at radius 3 is 2.67 bits per heavy atom. The van der Waals surface area contributed by atoms with Gasteiger partial charge in [0, 0.05) is 18.3 Å². The highest BCUT2D eigenvalue weighted by Gasteiger charge is 2.28. The smallest absolute Gasteiger partial charge is 0.341 e. The van der Waals surface area contributed by atoms with Crippen LogP contribution in [0.5, 0.6) is 0 Å². The third kappa shape index (κ3) is 3.76. The highest BCUT2D eigenvalue weighted by Crippen LogP contribution is 2.26. The molecule has 0 spiro atoms. The minimum atomic E-state index is -4.61. The first kappa shape index (κ1) is 15.8. The van der Waals surface area contributed by atoms with E-state index in [1.54, 1.807) is 6.07 Å². The maximum atomic E-state index is 12.6. The molecule has 0 amide bonds. The molecule has 0 fully saturated rings. The molecular formula is C13H14F2N2O2S2. The second-order valence-corrected chi connectivity index (χ2v) is 7.28. The molecule has 8 heteroatoms. The number of alkyl halides is 2. The van der Waals surface area contributed by atoms with Crippen LogP contribution in [0.2, 0.25) is 0 Å². The molecule has 0 bridgehead atoms. The van der Waals surface area contributed by atoms with Crippen molar-refractivity contribution >= 4 is 26.9 Å². The highest BCUT2D eigenvalue weighted by molar-refractivity contribution is 7.91. The van der Waals surface area contributed by atoms with Crippen LogP contribution in [-0.4, -0.2) is 25.7 Å². The minimum absolute atomic E-state index is 0.185. The number of hydrogen-bond acceptors (Lipinski definition) is 5. The van der Waals surface area contributed by atoms with E-state index in [0.29, 0.717) is 13.0 Å². The molecule has 1 N–H and O–H groups in total. The maximum absolute atomic E-state index is 12.6. The summed E-state index contributed by atoms with van der Waals surface area (Å²) >= 11 is 1.53. The van der Waals surface area contributed by atoms with E-state index < -0.39 is 15.6 Å². The number of aromatic nitrogens is 1. The summed E-state index contributed by atoms with van der Waals surface area (Å²) in [5.41, 5.74) is 1.07. The predicted molar refractivity (Wildman–Crippen MR) is 78.7 cm³/mol. The summed E-state index contributed by atoms with van der Waals surface area (Å²) in [6.07, 6.45) is 0.591. The average Bonchev–Trinajstić information content (AvgIpc) is 2.85. The molecule has 0 radical (unpaired) electrons. The first-order valence-corrected chi connectivity index (χ1v) is 8.60. The normalized spacial score (nSPS) is 11.8. The van der Waals surface area contributed by atoms with Crippen molar-refractivity contribution < 1.29 is 17.2 Å². The average molecular weight is 332 g/mol. The summed E-state index contributed by atoms with van der Waals surface area (Å²) in [5.74, 6) is -3.43. The Labute approximate surface area is 125 Å². The standard InChI is InChI=1S/C13H14F2N2O2S2/c1-9-17-10(8-20-9)6-7-16-11-4-2-3-5-12(11)21(18,19)13(14)15/h2-5,8,13,16H,6-7H2,1H3. The van der Waals surface area contributed by atoms with Crippen LogP contribution in [0, 0.1) is 6.92 Å². The number of halogens is 2. The summed E-state index contributed by atoms with van der Waals surface area (Å²) in [7, 11) is -4.61. The van der Waals surface area contributed by atoms with Crippen LogP contribution in [0.3, 0.4) is 0 Å². The molecule has 1 aromatic heterocycles. The number of sulfone groups is 1. The van der Waals surface area contributed by atoms with E-state index in [0.717, 1.165) is 10.7 Å². The SMILES string of the molecule is Cc1nc(CCNc2ccccc2S(=O)(=O)C(F)F)cs1. The number of aryl methyl sites for hydroxylation is 1. The Morgan fingerprint density at radius 2 is 2.05 bits per heavy atom. The Hall–Kier alpha value is -1.54. The van der Waals surface area contributed by atoms with Crippen molar-refractivity contribution in [3.8, 4) is 0 Å². The zero-order valence-electron chi connectivity index (χ0n) is 11.2. The Balaban J connectivity index is 2.10. The summed E-state index contributed by atoms with van der Waals surface area (Å²) in [4.78, 5) is 3.90. The van der Waals surface area contributed by atoms with Crippen molar-refractivity contribution in [3.05, 3.63) is 40.3 Å². The Kier molecular flexibility index (Phi) is 4.89. The van der Waals surface area contributed by atoms with Crippen molar-refractivity contribution in [2.75, 3.05) is 11.9 Å². The molecule has 114 valence electrons. The Morgan fingerprint density at radius 1 is 1.33 bits per heavy atom. The van der Waals surface area contributed by atoms with Crippen molar-refractivity contribution in [2.24, 2.45) is 0 Å².